The van der Waals surface area contributed by atoms with Crippen LogP contribution in [0.1, 0.15) is 64.1 Å². The first kappa shape index (κ1) is 49.4. The maximum atomic E-state index is 15.6. The fourth-order valence-electron chi connectivity index (χ4n) is 9.24. The van der Waals surface area contributed by atoms with E-state index in [0.29, 0.717) is 48.3 Å². The number of pyridine rings is 1. The van der Waals surface area contributed by atoms with Crippen molar-refractivity contribution in [3.63, 3.8) is 0 Å². The molecule has 6 aromatic rings. The lowest BCUT2D eigenvalue weighted by Crippen LogP contribution is -2.52. The van der Waals surface area contributed by atoms with Crippen LogP contribution in [0.3, 0.4) is 0 Å². The number of halogens is 4. The molecule has 9 rings (SSSR count). The highest BCUT2D eigenvalue weighted by Gasteiger charge is 2.40. The number of alkyl halides is 3. The number of hydrogen-bond acceptors (Lipinski definition) is 13. The van der Waals surface area contributed by atoms with Gasteiger partial charge in [0.1, 0.15) is 23.7 Å². The highest BCUT2D eigenvalue weighted by Crippen LogP contribution is 2.38. The average molecular weight is 1010 g/mol. The van der Waals surface area contributed by atoms with Crippen molar-refractivity contribution in [1.82, 2.24) is 29.7 Å². The molecule has 23 heteroatoms. The second kappa shape index (κ2) is 19.9. The van der Waals surface area contributed by atoms with Gasteiger partial charge in [0.05, 0.1) is 28.9 Å². The van der Waals surface area contributed by atoms with Gasteiger partial charge in [-0.1, -0.05) is 6.07 Å². The highest BCUT2D eigenvalue weighted by molar-refractivity contribution is 6.08. The van der Waals surface area contributed by atoms with E-state index in [9.17, 15) is 46.7 Å². The van der Waals surface area contributed by atoms with Crippen LogP contribution in [0, 0.1) is 18.7 Å². The normalized spacial score (nSPS) is 16.0. The lowest BCUT2D eigenvalue weighted by atomic mass is 9.93. The summed E-state index contributed by atoms with van der Waals surface area (Å²) in [6.45, 7) is 2.00. The molecule has 3 N–H and O–H groups in total. The van der Waals surface area contributed by atoms with Gasteiger partial charge >= 0.3 is 6.36 Å². The monoisotopic (exact) mass is 1010 g/mol. The van der Waals surface area contributed by atoms with Crippen molar-refractivity contribution in [3.8, 4) is 28.9 Å². The number of nitrogens with zero attached hydrogens (tertiary/aromatic N) is 5. The molecule has 19 nitrogen and oxygen atoms in total. The quantitative estimate of drug-likeness (QED) is 0.0855. The number of anilines is 2. The van der Waals surface area contributed by atoms with E-state index in [0.717, 1.165) is 18.2 Å². The van der Waals surface area contributed by atoms with Crippen LogP contribution in [0.2, 0.25) is 0 Å². The van der Waals surface area contributed by atoms with Crippen molar-refractivity contribution >= 4 is 68.6 Å². The van der Waals surface area contributed by atoms with Crippen molar-refractivity contribution in [3.05, 3.63) is 111 Å². The highest BCUT2D eigenvalue weighted by atomic mass is 19.4. The molecule has 1 atom stereocenters. The Hall–Kier alpha value is -8.63. The van der Waals surface area contributed by atoms with Gasteiger partial charge in [0.2, 0.25) is 29.0 Å². The third-order valence-electron chi connectivity index (χ3n) is 13.1. The summed E-state index contributed by atoms with van der Waals surface area (Å²) in [4.78, 5) is 102. The minimum atomic E-state index is -5.01. The number of carbonyl (C=O) groups is 6. The predicted octanol–water partition coefficient (Wildman–Crippen LogP) is 6.29. The van der Waals surface area contributed by atoms with Gasteiger partial charge in [-0.15, -0.1) is 13.2 Å². The SMILES string of the molecule is COc1cc2c(Oc3ccc(NC(=O)c4c(C)n(C)c5ccc(OC(F)(F)F)cc5c4=O)cc3F)ncnc2cc1OCC(=O)N1CCC(CC(=O)Nc2cccc3c2CN(C2CCC(=O)NC2=O)C3=O)CC1. The Morgan fingerprint density at radius 1 is 0.890 bits per heavy atom. The molecule has 4 aromatic carbocycles. The van der Waals surface area contributed by atoms with Crippen LogP contribution in [0.25, 0.3) is 21.8 Å². The molecule has 2 aromatic heterocycles. The second-order valence-corrected chi connectivity index (χ2v) is 17.6. The number of nitrogens with one attached hydrogen (secondary N) is 3. The summed E-state index contributed by atoms with van der Waals surface area (Å²) < 4.78 is 77.0. The van der Waals surface area contributed by atoms with E-state index in [-0.39, 0.29) is 118 Å². The zero-order valence-corrected chi connectivity index (χ0v) is 39.2. The summed E-state index contributed by atoms with van der Waals surface area (Å²) >= 11 is 0. The molecule has 6 amide bonds. The molecule has 378 valence electrons. The molecule has 73 heavy (non-hydrogen) atoms. The number of benzene rings is 4. The molecule has 2 saturated heterocycles. The van der Waals surface area contributed by atoms with Gasteiger partial charge in [-0.2, -0.15) is 0 Å². The predicted molar refractivity (Wildman–Crippen MR) is 252 cm³/mol. The topological polar surface area (TPSA) is 230 Å². The number of piperidine rings is 2. The summed E-state index contributed by atoms with van der Waals surface area (Å²) in [5, 5.41) is 7.75. The van der Waals surface area contributed by atoms with Gasteiger partial charge < -0.3 is 43.9 Å². The smallest absolute Gasteiger partial charge is 0.493 e. The van der Waals surface area contributed by atoms with Crippen molar-refractivity contribution in [1.29, 1.82) is 0 Å². The zero-order chi connectivity index (χ0) is 51.9. The molecule has 0 bridgehead atoms. The molecular formula is C50H44F4N8O11. The number of hydrogen-bond donors (Lipinski definition) is 3. The first-order valence-corrected chi connectivity index (χ1v) is 22.8. The van der Waals surface area contributed by atoms with Gasteiger partial charge in [-0.25, -0.2) is 14.4 Å². The molecule has 0 spiro atoms. The Balaban J connectivity index is 0.791. The van der Waals surface area contributed by atoms with Crippen molar-refractivity contribution in [2.24, 2.45) is 13.0 Å². The number of ether oxygens (including phenoxy) is 4. The number of likely N-dealkylation sites (tertiary alicyclic amines) is 1. The number of fused-ring (bicyclic) bond motifs is 3. The Kier molecular flexibility index (Phi) is 13.4. The van der Waals surface area contributed by atoms with E-state index in [4.69, 9.17) is 14.2 Å². The number of aromatic nitrogens is 3. The van der Waals surface area contributed by atoms with Crippen LogP contribution in [-0.4, -0.2) is 99.0 Å². The minimum Gasteiger partial charge on any atom is -0.493 e. The first-order chi connectivity index (χ1) is 34.8. The summed E-state index contributed by atoms with van der Waals surface area (Å²) in [5.74, 6) is -4.39. The summed E-state index contributed by atoms with van der Waals surface area (Å²) in [6, 6.07) is 13.9. The van der Waals surface area contributed by atoms with E-state index in [2.05, 4.69) is 30.7 Å². The van der Waals surface area contributed by atoms with Gasteiger partial charge in [-0.05, 0) is 80.6 Å². The van der Waals surface area contributed by atoms with Crippen LogP contribution in [0.5, 0.6) is 28.9 Å². The average Bonchev–Trinajstić information content (AvgIpc) is 3.68. The molecular weight excluding hydrogens is 965 g/mol. The van der Waals surface area contributed by atoms with Gasteiger partial charge in [0, 0.05) is 79.9 Å². The van der Waals surface area contributed by atoms with Crippen LogP contribution >= 0.6 is 0 Å². The Morgan fingerprint density at radius 2 is 1.67 bits per heavy atom. The maximum absolute atomic E-state index is 15.6. The number of rotatable bonds is 13. The standard InChI is InChI=1S/C50H44F4N8O11/c1-25-44(45(66)31-19-28(73-50(52,53)54)8-9-36(31)60(25)2)47(68)57-27-7-11-38(33(51)18-27)72-48-30-20-39(70-3)40(21-35(30)55-24-56-48)71-23-43(65)61-15-13-26(14-16-61)17-42(64)58-34-6-4-5-29-32(34)22-62(49(29)69)37-10-12-41(63)59-46(37)67/h4-9,11,18-21,24,26,37H,10,12-17,22-23H2,1-3H3,(H,57,68)(H,58,64)(H,59,63,67). The van der Waals surface area contributed by atoms with E-state index in [1.807, 2.05) is 0 Å². The third-order valence-corrected chi connectivity index (χ3v) is 13.1. The Labute approximate surface area is 411 Å². The molecule has 3 aliphatic heterocycles. The molecule has 1 unspecified atom stereocenters. The van der Waals surface area contributed by atoms with E-state index < -0.39 is 41.2 Å². The molecule has 0 radical (unpaired) electrons. The molecule has 5 heterocycles. The van der Waals surface area contributed by atoms with Crippen LogP contribution in [0.4, 0.5) is 28.9 Å². The summed E-state index contributed by atoms with van der Waals surface area (Å²) in [5.41, 5.74) is 0.877. The number of aryl methyl sites for hydroxylation is 1. The lowest BCUT2D eigenvalue weighted by molar-refractivity contribution is -0.274. The van der Waals surface area contributed by atoms with Crippen LogP contribution in [0.15, 0.2) is 77.9 Å². The number of carbonyl (C=O) groups excluding carboxylic acids is 6. The largest absolute Gasteiger partial charge is 0.573 e. The lowest BCUT2D eigenvalue weighted by Gasteiger charge is -2.31. The number of methoxy groups -OCH3 is 1. The third kappa shape index (κ3) is 10.3. The van der Waals surface area contributed by atoms with E-state index in [1.165, 1.54) is 67.2 Å². The fourth-order valence-corrected chi connectivity index (χ4v) is 9.24. The number of amides is 6. The number of imide groups is 1. The zero-order valence-electron chi connectivity index (χ0n) is 39.2. The Morgan fingerprint density at radius 3 is 2.40 bits per heavy atom. The van der Waals surface area contributed by atoms with Crippen LogP contribution in [-0.2, 0) is 32.8 Å². The van der Waals surface area contributed by atoms with Gasteiger partial charge in [0.15, 0.2) is 29.7 Å². The summed E-state index contributed by atoms with van der Waals surface area (Å²) in [6.07, 6.45) is -2.21. The first-order valence-electron chi connectivity index (χ1n) is 22.8. The van der Waals surface area contributed by atoms with Crippen molar-refractivity contribution in [2.75, 3.05) is 37.4 Å². The minimum absolute atomic E-state index is 0.0261. The Bertz CT molecular complexity index is 3340. The van der Waals surface area contributed by atoms with Gasteiger partial charge in [0.25, 0.3) is 17.7 Å². The van der Waals surface area contributed by atoms with Crippen LogP contribution < -0.4 is 40.3 Å². The van der Waals surface area contributed by atoms with Crippen molar-refractivity contribution < 1.29 is 65.3 Å². The molecule has 0 saturated carbocycles. The summed E-state index contributed by atoms with van der Waals surface area (Å²) in [7, 11) is 2.91. The molecule has 2 fully saturated rings. The molecule has 3 aliphatic rings. The second-order valence-electron chi connectivity index (χ2n) is 17.6. The maximum Gasteiger partial charge on any atom is 0.573 e. The van der Waals surface area contributed by atoms with E-state index >= 15 is 4.39 Å². The van der Waals surface area contributed by atoms with Gasteiger partial charge in [-0.3, -0.25) is 38.9 Å². The van der Waals surface area contributed by atoms with E-state index in [1.54, 1.807) is 23.1 Å². The fraction of sp³-hybridized carbons (Fsp3) is 0.300. The molecule has 0 aliphatic carbocycles. The van der Waals surface area contributed by atoms with Crippen molar-refractivity contribution in [2.45, 2.75) is 58.0 Å².